The molecule has 94 valence electrons. The summed E-state index contributed by atoms with van der Waals surface area (Å²) >= 11 is 5.25. The van der Waals surface area contributed by atoms with Crippen LogP contribution in [0.1, 0.15) is 39.0 Å². The van der Waals surface area contributed by atoms with E-state index in [0.717, 1.165) is 25.0 Å². The molecule has 0 bridgehead atoms. The molecule has 2 fully saturated rings. The molecule has 16 heavy (non-hydrogen) atoms. The van der Waals surface area contributed by atoms with E-state index in [9.17, 15) is 0 Å². The first-order chi connectivity index (χ1) is 7.61. The number of rotatable bonds is 2. The molecular formula is C12H23O2PS. The van der Waals surface area contributed by atoms with Gasteiger partial charge in [0.2, 0.25) is 0 Å². The molecule has 0 spiro atoms. The highest BCUT2D eigenvalue weighted by Crippen LogP contribution is 2.50. The molecule has 1 heterocycles. The van der Waals surface area contributed by atoms with Crippen LogP contribution in [0.3, 0.4) is 0 Å². The van der Waals surface area contributed by atoms with Gasteiger partial charge in [-0.15, -0.1) is 0 Å². The molecule has 2 nitrogen and oxygen atoms in total. The maximum absolute atomic E-state index is 5.69. The van der Waals surface area contributed by atoms with E-state index in [2.05, 4.69) is 6.92 Å². The summed E-state index contributed by atoms with van der Waals surface area (Å²) in [5.41, 5.74) is 0. The van der Waals surface area contributed by atoms with Crippen molar-refractivity contribution in [1.82, 2.24) is 0 Å². The summed E-state index contributed by atoms with van der Waals surface area (Å²) in [4.78, 5) is 0. The lowest BCUT2D eigenvalue weighted by molar-refractivity contribution is 0.0608. The lowest BCUT2D eigenvalue weighted by atomic mass is 9.75. The standard InChI is InChI=1S/C12H23O2PS/c1-3-10-4-6-11(7-5-10)12-8-13-15(2,16)14-9-12/h10-12H,3-9H2,1-2H3. The predicted octanol–water partition coefficient (Wildman–Crippen LogP) is 3.81. The van der Waals surface area contributed by atoms with Gasteiger partial charge in [-0.05, 0) is 36.5 Å². The topological polar surface area (TPSA) is 18.5 Å². The molecule has 0 aromatic rings. The van der Waals surface area contributed by atoms with E-state index < -0.39 is 6.49 Å². The van der Waals surface area contributed by atoms with Gasteiger partial charge in [0, 0.05) is 12.6 Å². The Labute approximate surface area is 104 Å². The van der Waals surface area contributed by atoms with Crippen LogP contribution < -0.4 is 0 Å². The van der Waals surface area contributed by atoms with Gasteiger partial charge in [-0.2, -0.15) is 0 Å². The lowest BCUT2D eigenvalue weighted by Gasteiger charge is -2.37. The van der Waals surface area contributed by atoms with Gasteiger partial charge in [-0.3, -0.25) is 0 Å². The zero-order valence-electron chi connectivity index (χ0n) is 10.4. The van der Waals surface area contributed by atoms with Gasteiger partial charge in [-0.1, -0.05) is 26.2 Å². The van der Waals surface area contributed by atoms with E-state index in [-0.39, 0.29) is 0 Å². The molecule has 0 atom stereocenters. The Morgan fingerprint density at radius 2 is 1.62 bits per heavy atom. The van der Waals surface area contributed by atoms with Gasteiger partial charge in [0.25, 0.3) is 0 Å². The SMILES string of the molecule is CCC1CCC(C2COP(C)(=S)OC2)CC1. The van der Waals surface area contributed by atoms with Crippen LogP contribution in [-0.2, 0) is 20.9 Å². The second kappa shape index (κ2) is 5.48. The molecule has 4 heteroatoms. The quantitative estimate of drug-likeness (QED) is 0.705. The molecule has 0 N–H and O–H groups in total. The highest BCUT2D eigenvalue weighted by Gasteiger charge is 2.32. The zero-order valence-corrected chi connectivity index (χ0v) is 12.1. The summed E-state index contributed by atoms with van der Waals surface area (Å²) in [6.07, 6.45) is 6.88. The largest absolute Gasteiger partial charge is 0.329 e. The van der Waals surface area contributed by atoms with Crippen LogP contribution >= 0.6 is 6.49 Å². The van der Waals surface area contributed by atoms with Crippen molar-refractivity contribution in [2.45, 2.75) is 39.0 Å². The average molecular weight is 262 g/mol. The molecule has 0 radical (unpaired) electrons. The molecule has 2 aliphatic rings. The molecule has 2 rings (SSSR count). The minimum Gasteiger partial charge on any atom is -0.329 e. The van der Waals surface area contributed by atoms with Crippen LogP contribution in [0.15, 0.2) is 0 Å². The first kappa shape index (κ1) is 13.0. The molecule has 0 aromatic carbocycles. The van der Waals surface area contributed by atoms with Crippen molar-refractivity contribution in [3.05, 3.63) is 0 Å². The third-order valence-electron chi connectivity index (χ3n) is 4.18. The van der Waals surface area contributed by atoms with E-state index in [1.165, 1.54) is 32.1 Å². The zero-order chi connectivity index (χ0) is 11.6. The van der Waals surface area contributed by atoms with Crippen LogP contribution in [0.25, 0.3) is 0 Å². The Morgan fingerprint density at radius 3 is 2.12 bits per heavy atom. The normalized spacial score (nSPS) is 45.5. The van der Waals surface area contributed by atoms with Crippen LogP contribution in [0.4, 0.5) is 0 Å². The van der Waals surface area contributed by atoms with Gasteiger partial charge in [0.1, 0.15) is 0 Å². The van der Waals surface area contributed by atoms with Crippen LogP contribution in [0.5, 0.6) is 0 Å². The van der Waals surface area contributed by atoms with Crippen LogP contribution in [-0.4, -0.2) is 19.9 Å². The summed E-state index contributed by atoms with van der Waals surface area (Å²) in [7, 11) is 0. The smallest absolute Gasteiger partial charge is 0.185 e. The molecular weight excluding hydrogens is 239 g/mol. The summed E-state index contributed by atoms with van der Waals surface area (Å²) < 4.78 is 11.4. The Kier molecular flexibility index (Phi) is 4.45. The summed E-state index contributed by atoms with van der Waals surface area (Å²) in [6.45, 7) is 4.07. The van der Waals surface area contributed by atoms with Crippen molar-refractivity contribution >= 4 is 18.3 Å². The van der Waals surface area contributed by atoms with E-state index in [1.807, 2.05) is 6.66 Å². The summed E-state index contributed by atoms with van der Waals surface area (Å²) in [5.74, 6) is 2.39. The summed E-state index contributed by atoms with van der Waals surface area (Å²) in [5, 5.41) is 0. The maximum atomic E-state index is 5.69. The Morgan fingerprint density at radius 1 is 1.06 bits per heavy atom. The highest BCUT2D eigenvalue weighted by atomic mass is 32.5. The molecule has 1 saturated carbocycles. The van der Waals surface area contributed by atoms with E-state index >= 15 is 0 Å². The van der Waals surface area contributed by atoms with Gasteiger partial charge in [-0.25, -0.2) is 0 Å². The Balaban J connectivity index is 1.80. The second-order valence-electron chi connectivity index (χ2n) is 5.31. The molecule has 1 saturated heterocycles. The fourth-order valence-corrected chi connectivity index (χ4v) is 4.25. The molecule has 0 aromatic heterocycles. The van der Waals surface area contributed by atoms with Crippen molar-refractivity contribution in [2.75, 3.05) is 19.9 Å². The first-order valence-corrected chi connectivity index (χ1v) is 9.56. The Hall–Kier alpha value is 0.570. The minimum absolute atomic E-state index is 0.605. The fraction of sp³-hybridized carbons (Fsp3) is 1.00. The van der Waals surface area contributed by atoms with Gasteiger partial charge < -0.3 is 9.05 Å². The van der Waals surface area contributed by atoms with Crippen molar-refractivity contribution in [1.29, 1.82) is 0 Å². The van der Waals surface area contributed by atoms with Crippen LogP contribution in [0, 0.1) is 17.8 Å². The summed E-state index contributed by atoms with van der Waals surface area (Å²) in [6, 6.07) is 0. The fourth-order valence-electron chi connectivity index (χ4n) is 2.89. The average Bonchev–Trinajstić information content (AvgIpc) is 2.29. The maximum Gasteiger partial charge on any atom is 0.185 e. The van der Waals surface area contributed by atoms with Gasteiger partial charge >= 0.3 is 0 Å². The van der Waals surface area contributed by atoms with Crippen molar-refractivity contribution < 1.29 is 9.05 Å². The predicted molar refractivity (Wildman–Crippen MR) is 71.3 cm³/mol. The van der Waals surface area contributed by atoms with Gasteiger partial charge in [0.05, 0.1) is 13.2 Å². The molecule has 0 unspecified atom stereocenters. The third-order valence-corrected chi connectivity index (χ3v) is 6.05. The van der Waals surface area contributed by atoms with E-state index in [4.69, 9.17) is 20.9 Å². The van der Waals surface area contributed by atoms with Crippen LogP contribution in [0.2, 0.25) is 0 Å². The lowest BCUT2D eigenvalue weighted by Crippen LogP contribution is -2.30. The van der Waals surface area contributed by atoms with E-state index in [0.29, 0.717) is 5.92 Å². The number of hydrogen-bond donors (Lipinski definition) is 0. The first-order valence-electron chi connectivity index (χ1n) is 6.47. The second-order valence-corrected chi connectivity index (χ2v) is 9.36. The molecule has 1 aliphatic carbocycles. The number of hydrogen-bond acceptors (Lipinski definition) is 3. The van der Waals surface area contributed by atoms with Crippen molar-refractivity contribution in [2.24, 2.45) is 17.8 Å². The Bertz CT molecular complexity index is 262. The van der Waals surface area contributed by atoms with Crippen molar-refractivity contribution in [3.63, 3.8) is 0 Å². The molecule has 0 amide bonds. The van der Waals surface area contributed by atoms with E-state index in [1.54, 1.807) is 0 Å². The highest BCUT2D eigenvalue weighted by molar-refractivity contribution is 8.09. The minimum atomic E-state index is -1.86. The van der Waals surface area contributed by atoms with Gasteiger partial charge in [0.15, 0.2) is 6.49 Å². The molecule has 1 aliphatic heterocycles. The van der Waals surface area contributed by atoms with Crippen molar-refractivity contribution in [3.8, 4) is 0 Å². The monoisotopic (exact) mass is 262 g/mol. The third kappa shape index (κ3) is 3.29.